The molecule has 48 valence electrons. The van der Waals surface area contributed by atoms with E-state index in [0.717, 1.165) is 0 Å². The van der Waals surface area contributed by atoms with Crippen LogP contribution >= 0.6 is 0 Å². The van der Waals surface area contributed by atoms with Gasteiger partial charge in [-0.15, -0.1) is 0 Å². The van der Waals surface area contributed by atoms with Crippen molar-refractivity contribution in [2.75, 3.05) is 6.61 Å². The molecule has 2 atom stereocenters. The van der Waals surface area contributed by atoms with Gasteiger partial charge in [0.15, 0.2) is 6.29 Å². The van der Waals surface area contributed by atoms with E-state index >= 15 is 0 Å². The van der Waals surface area contributed by atoms with E-state index in [-0.39, 0.29) is 6.29 Å². The first-order chi connectivity index (χ1) is 3.72. The SMILES string of the molecule is O=C[C@H](O)C(O)CO. The van der Waals surface area contributed by atoms with Gasteiger partial charge in [-0.3, -0.25) is 0 Å². The van der Waals surface area contributed by atoms with Crippen LogP contribution in [0.25, 0.3) is 0 Å². The minimum absolute atomic E-state index is 0.168. The molecule has 0 amide bonds. The molecule has 0 bridgehead atoms. The summed E-state index contributed by atoms with van der Waals surface area (Å²) < 4.78 is 0. The van der Waals surface area contributed by atoms with E-state index in [0.29, 0.717) is 0 Å². The summed E-state index contributed by atoms with van der Waals surface area (Å²) in [4.78, 5) is 9.58. The van der Waals surface area contributed by atoms with Crippen molar-refractivity contribution in [3.63, 3.8) is 0 Å². The van der Waals surface area contributed by atoms with E-state index in [1.54, 1.807) is 0 Å². The number of hydrogen-bond donors (Lipinski definition) is 3. The van der Waals surface area contributed by atoms with E-state index in [2.05, 4.69) is 0 Å². The van der Waals surface area contributed by atoms with E-state index in [1.165, 1.54) is 0 Å². The third-order valence-corrected chi connectivity index (χ3v) is 0.721. The Bertz CT molecular complexity index is 72.4. The van der Waals surface area contributed by atoms with E-state index < -0.39 is 18.8 Å². The molecular formula is C4H8O4. The van der Waals surface area contributed by atoms with Crippen molar-refractivity contribution in [2.45, 2.75) is 12.2 Å². The normalized spacial score (nSPS) is 17.4. The quantitative estimate of drug-likeness (QED) is 0.373. The van der Waals surface area contributed by atoms with Gasteiger partial charge in [-0.25, -0.2) is 0 Å². The lowest BCUT2D eigenvalue weighted by Crippen LogP contribution is -2.30. The summed E-state index contributed by atoms with van der Waals surface area (Å²) in [6, 6.07) is 0. The summed E-state index contributed by atoms with van der Waals surface area (Å²) in [6.07, 6.45) is -2.63. The molecule has 0 aliphatic heterocycles. The van der Waals surface area contributed by atoms with Crippen LogP contribution in [0.3, 0.4) is 0 Å². The molecule has 0 saturated carbocycles. The van der Waals surface area contributed by atoms with E-state index in [9.17, 15) is 4.79 Å². The van der Waals surface area contributed by atoms with Gasteiger partial charge in [-0.05, 0) is 0 Å². The van der Waals surface area contributed by atoms with Crippen molar-refractivity contribution < 1.29 is 20.1 Å². The van der Waals surface area contributed by atoms with Crippen molar-refractivity contribution in [3.05, 3.63) is 0 Å². The fraction of sp³-hybridized carbons (Fsp3) is 0.750. The molecule has 8 heavy (non-hydrogen) atoms. The van der Waals surface area contributed by atoms with Crippen molar-refractivity contribution in [1.29, 1.82) is 0 Å². The average molecular weight is 120 g/mol. The van der Waals surface area contributed by atoms with Crippen molar-refractivity contribution in [1.82, 2.24) is 0 Å². The Balaban J connectivity index is 3.44. The zero-order valence-corrected chi connectivity index (χ0v) is 4.19. The van der Waals surface area contributed by atoms with Crippen LogP contribution < -0.4 is 0 Å². The summed E-state index contributed by atoms with van der Waals surface area (Å²) in [5.41, 5.74) is 0. The molecular weight excluding hydrogens is 112 g/mol. The van der Waals surface area contributed by atoms with Crippen molar-refractivity contribution >= 4 is 6.29 Å². The number of carbonyl (C=O) groups is 1. The first-order valence-electron chi connectivity index (χ1n) is 2.14. The lowest BCUT2D eigenvalue weighted by Gasteiger charge is -2.06. The Morgan fingerprint density at radius 3 is 2.12 bits per heavy atom. The number of hydrogen-bond acceptors (Lipinski definition) is 4. The molecule has 1 unspecified atom stereocenters. The topological polar surface area (TPSA) is 77.8 Å². The Kier molecular flexibility index (Phi) is 3.34. The number of aliphatic hydroxyl groups is 3. The summed E-state index contributed by atoms with van der Waals surface area (Å²) in [7, 11) is 0. The zero-order valence-electron chi connectivity index (χ0n) is 4.19. The number of aldehydes is 1. The van der Waals surface area contributed by atoms with Crippen LogP contribution in [0.4, 0.5) is 0 Å². The highest BCUT2D eigenvalue weighted by Gasteiger charge is 2.12. The van der Waals surface area contributed by atoms with E-state index in [1.807, 2.05) is 0 Å². The average Bonchev–Trinajstić information content (AvgIpc) is 1.84. The smallest absolute Gasteiger partial charge is 0.151 e. The highest BCUT2D eigenvalue weighted by atomic mass is 16.4. The van der Waals surface area contributed by atoms with Gasteiger partial charge in [-0.1, -0.05) is 0 Å². The van der Waals surface area contributed by atoms with Crippen molar-refractivity contribution in [2.24, 2.45) is 0 Å². The maximum absolute atomic E-state index is 9.58. The lowest BCUT2D eigenvalue weighted by atomic mass is 10.2. The Morgan fingerprint density at radius 1 is 1.50 bits per heavy atom. The van der Waals surface area contributed by atoms with Crippen molar-refractivity contribution in [3.8, 4) is 0 Å². The molecule has 0 rings (SSSR count). The van der Waals surface area contributed by atoms with Gasteiger partial charge in [0, 0.05) is 0 Å². The Hall–Kier alpha value is -0.450. The van der Waals surface area contributed by atoms with Gasteiger partial charge in [-0.2, -0.15) is 0 Å². The van der Waals surface area contributed by atoms with Gasteiger partial charge in [0.05, 0.1) is 6.61 Å². The summed E-state index contributed by atoms with van der Waals surface area (Å²) >= 11 is 0. The molecule has 0 spiro atoms. The molecule has 4 nitrogen and oxygen atoms in total. The van der Waals surface area contributed by atoms with E-state index in [4.69, 9.17) is 15.3 Å². The van der Waals surface area contributed by atoms with Crippen LogP contribution in [0.15, 0.2) is 0 Å². The third-order valence-electron chi connectivity index (χ3n) is 0.721. The minimum atomic E-state index is -1.46. The van der Waals surface area contributed by atoms with Crippen LogP contribution in [0, 0.1) is 0 Å². The predicted molar refractivity (Wildman–Crippen MR) is 25.2 cm³/mol. The molecule has 0 aromatic carbocycles. The van der Waals surface area contributed by atoms with Gasteiger partial charge in [0.2, 0.25) is 0 Å². The van der Waals surface area contributed by atoms with Crippen LogP contribution in [0.1, 0.15) is 0 Å². The molecule has 4 heteroatoms. The molecule has 0 heterocycles. The highest BCUT2D eigenvalue weighted by molar-refractivity contribution is 5.56. The molecule has 0 aliphatic rings. The lowest BCUT2D eigenvalue weighted by molar-refractivity contribution is -0.121. The number of carbonyl (C=O) groups excluding carboxylic acids is 1. The largest absolute Gasteiger partial charge is 0.394 e. The number of aliphatic hydroxyl groups excluding tert-OH is 3. The monoisotopic (exact) mass is 120 g/mol. The second-order valence-electron chi connectivity index (χ2n) is 1.38. The van der Waals surface area contributed by atoms with Gasteiger partial charge in [0.1, 0.15) is 12.2 Å². The third kappa shape index (κ3) is 2.02. The summed E-state index contributed by atoms with van der Waals surface area (Å²) in [5, 5.41) is 24.8. The molecule has 0 aromatic rings. The summed E-state index contributed by atoms with van der Waals surface area (Å²) in [5.74, 6) is 0. The number of rotatable bonds is 3. The maximum Gasteiger partial charge on any atom is 0.151 e. The molecule has 0 radical (unpaired) electrons. The first-order valence-corrected chi connectivity index (χ1v) is 2.14. The standard InChI is InChI=1S/C4H8O4/c5-1-3(7)4(8)2-6/h1,3-4,6-8H,2H2/t3-,4?/m0/s1. The molecule has 3 N–H and O–H groups in total. The second kappa shape index (κ2) is 3.54. The van der Waals surface area contributed by atoms with Crippen LogP contribution in [0.2, 0.25) is 0 Å². The second-order valence-corrected chi connectivity index (χ2v) is 1.38. The minimum Gasteiger partial charge on any atom is -0.394 e. The molecule has 0 aromatic heterocycles. The molecule has 0 fully saturated rings. The van der Waals surface area contributed by atoms with Crippen LogP contribution in [-0.4, -0.2) is 40.4 Å². The Morgan fingerprint density at radius 2 is 2.00 bits per heavy atom. The molecule has 0 aliphatic carbocycles. The predicted octanol–water partition coefficient (Wildman–Crippen LogP) is -2.10. The van der Waals surface area contributed by atoms with Crippen LogP contribution in [-0.2, 0) is 4.79 Å². The highest BCUT2D eigenvalue weighted by Crippen LogP contribution is 1.85. The summed E-state index contributed by atoms with van der Waals surface area (Å²) in [6.45, 7) is -0.597. The fourth-order valence-corrected chi connectivity index (χ4v) is 0.199. The fourth-order valence-electron chi connectivity index (χ4n) is 0.199. The van der Waals surface area contributed by atoms with Gasteiger partial charge in [0.25, 0.3) is 0 Å². The Labute approximate surface area is 46.4 Å². The first kappa shape index (κ1) is 7.55. The molecule has 0 saturated heterocycles. The van der Waals surface area contributed by atoms with Gasteiger partial charge < -0.3 is 20.1 Å². The maximum atomic E-state index is 9.58. The van der Waals surface area contributed by atoms with Crippen LogP contribution in [0.5, 0.6) is 0 Å². The van der Waals surface area contributed by atoms with Gasteiger partial charge >= 0.3 is 0 Å². The zero-order chi connectivity index (χ0) is 6.57.